The highest BCUT2D eigenvalue weighted by molar-refractivity contribution is 7.08. The van der Waals surface area contributed by atoms with Crippen LogP contribution in [-0.2, 0) is 0 Å². The fraction of sp³-hybridized carbons (Fsp3) is 0.333. The minimum Gasteiger partial charge on any atom is -0.389 e. The van der Waals surface area contributed by atoms with E-state index in [-0.39, 0.29) is 6.10 Å². The Morgan fingerprint density at radius 2 is 2.55 bits per heavy atom. The summed E-state index contributed by atoms with van der Waals surface area (Å²) >= 11 is 1.67. The molecule has 0 radical (unpaired) electrons. The van der Waals surface area contributed by atoms with Gasteiger partial charge in [0.05, 0.1) is 6.10 Å². The van der Waals surface area contributed by atoms with Crippen LogP contribution in [0, 0.1) is 0 Å². The number of thiophene rings is 1. The molecule has 0 aliphatic carbocycles. The van der Waals surface area contributed by atoms with Crippen LogP contribution in [0.1, 0.15) is 18.9 Å². The lowest BCUT2D eigenvalue weighted by Crippen LogP contribution is -1.97. The maximum atomic E-state index is 9.17. The molecule has 1 aromatic rings. The van der Waals surface area contributed by atoms with E-state index in [0.29, 0.717) is 0 Å². The lowest BCUT2D eigenvalue weighted by molar-refractivity contribution is 0.220. The Kier molecular flexibility index (Phi) is 3.33. The van der Waals surface area contributed by atoms with Crippen LogP contribution >= 0.6 is 11.3 Å². The van der Waals surface area contributed by atoms with Crippen molar-refractivity contribution in [2.75, 3.05) is 0 Å². The van der Waals surface area contributed by atoms with Crippen LogP contribution in [0.2, 0.25) is 0 Å². The molecule has 2 heteroatoms. The lowest BCUT2D eigenvalue weighted by Gasteiger charge is -1.96. The van der Waals surface area contributed by atoms with E-state index in [1.54, 1.807) is 11.3 Å². The standard InChI is InChI=1S/C9H12OS/c1-2-9(10)4-3-8-5-6-11-7-8/h3-7,9-10H,2H2,1H3/b4-3+. The molecule has 0 amide bonds. The highest BCUT2D eigenvalue weighted by atomic mass is 32.1. The number of hydrogen-bond acceptors (Lipinski definition) is 2. The Balaban J connectivity index is 2.48. The second-order valence-electron chi connectivity index (χ2n) is 2.39. The van der Waals surface area contributed by atoms with E-state index in [1.807, 2.05) is 30.5 Å². The molecule has 0 bridgehead atoms. The van der Waals surface area contributed by atoms with Gasteiger partial charge in [-0.05, 0) is 28.8 Å². The fourth-order valence-electron chi connectivity index (χ4n) is 0.728. The summed E-state index contributed by atoms with van der Waals surface area (Å²) in [7, 11) is 0. The molecule has 0 saturated heterocycles. The summed E-state index contributed by atoms with van der Waals surface area (Å²) in [5.74, 6) is 0. The van der Waals surface area contributed by atoms with Crippen molar-refractivity contribution in [3.63, 3.8) is 0 Å². The monoisotopic (exact) mass is 168 g/mol. The maximum Gasteiger partial charge on any atom is 0.0721 e. The molecular weight excluding hydrogens is 156 g/mol. The molecule has 0 fully saturated rings. The number of hydrogen-bond donors (Lipinski definition) is 1. The quantitative estimate of drug-likeness (QED) is 0.735. The molecule has 1 rings (SSSR count). The SMILES string of the molecule is CCC(O)/C=C/c1ccsc1. The number of aliphatic hydroxyl groups is 1. The third-order valence-corrected chi connectivity index (χ3v) is 2.17. The molecule has 0 aliphatic heterocycles. The molecule has 1 unspecified atom stereocenters. The first-order valence-corrected chi connectivity index (χ1v) is 4.65. The first-order chi connectivity index (χ1) is 5.33. The largest absolute Gasteiger partial charge is 0.389 e. The zero-order valence-corrected chi connectivity index (χ0v) is 7.34. The summed E-state index contributed by atoms with van der Waals surface area (Å²) in [6.07, 6.45) is 4.25. The molecule has 11 heavy (non-hydrogen) atoms. The van der Waals surface area contributed by atoms with Gasteiger partial charge in [0.25, 0.3) is 0 Å². The second kappa shape index (κ2) is 4.31. The molecule has 0 aromatic carbocycles. The summed E-state index contributed by atoms with van der Waals surface area (Å²) in [6, 6.07) is 2.03. The van der Waals surface area contributed by atoms with E-state index in [4.69, 9.17) is 0 Å². The van der Waals surface area contributed by atoms with Gasteiger partial charge in [-0.25, -0.2) is 0 Å². The molecular formula is C9H12OS. The number of rotatable bonds is 3. The predicted molar refractivity (Wildman–Crippen MR) is 49.7 cm³/mol. The van der Waals surface area contributed by atoms with Gasteiger partial charge >= 0.3 is 0 Å². The van der Waals surface area contributed by atoms with Crippen molar-refractivity contribution in [2.45, 2.75) is 19.4 Å². The fourth-order valence-corrected chi connectivity index (χ4v) is 1.36. The average Bonchev–Trinajstić information content (AvgIpc) is 2.52. The highest BCUT2D eigenvalue weighted by Gasteiger charge is 1.92. The van der Waals surface area contributed by atoms with E-state index >= 15 is 0 Å². The Morgan fingerprint density at radius 1 is 1.73 bits per heavy atom. The van der Waals surface area contributed by atoms with Crippen molar-refractivity contribution < 1.29 is 5.11 Å². The zero-order chi connectivity index (χ0) is 8.10. The van der Waals surface area contributed by atoms with Gasteiger partial charge in [0.2, 0.25) is 0 Å². The molecule has 0 spiro atoms. The van der Waals surface area contributed by atoms with Gasteiger partial charge in [-0.15, -0.1) is 0 Å². The first-order valence-electron chi connectivity index (χ1n) is 3.71. The van der Waals surface area contributed by atoms with Gasteiger partial charge in [-0.3, -0.25) is 0 Å². The number of aliphatic hydroxyl groups excluding tert-OH is 1. The van der Waals surface area contributed by atoms with Crippen molar-refractivity contribution in [3.8, 4) is 0 Å². The molecule has 0 saturated carbocycles. The van der Waals surface area contributed by atoms with Gasteiger partial charge in [0.1, 0.15) is 0 Å². The average molecular weight is 168 g/mol. The Hall–Kier alpha value is -0.600. The topological polar surface area (TPSA) is 20.2 Å². The Bertz CT molecular complexity index is 213. The van der Waals surface area contributed by atoms with Gasteiger partial charge in [-0.1, -0.05) is 19.1 Å². The third-order valence-electron chi connectivity index (χ3n) is 1.47. The molecule has 1 heterocycles. The van der Waals surface area contributed by atoms with E-state index in [2.05, 4.69) is 5.38 Å². The van der Waals surface area contributed by atoms with E-state index in [0.717, 1.165) is 6.42 Å². The van der Waals surface area contributed by atoms with E-state index in [9.17, 15) is 5.11 Å². The van der Waals surface area contributed by atoms with Crippen LogP contribution in [0.3, 0.4) is 0 Å². The summed E-state index contributed by atoms with van der Waals surface area (Å²) in [4.78, 5) is 0. The second-order valence-corrected chi connectivity index (χ2v) is 3.17. The van der Waals surface area contributed by atoms with Crippen LogP contribution < -0.4 is 0 Å². The summed E-state index contributed by atoms with van der Waals surface area (Å²) in [6.45, 7) is 1.96. The van der Waals surface area contributed by atoms with Gasteiger partial charge in [-0.2, -0.15) is 11.3 Å². The van der Waals surface area contributed by atoms with Gasteiger partial charge in [0, 0.05) is 0 Å². The third kappa shape index (κ3) is 2.87. The highest BCUT2D eigenvalue weighted by Crippen LogP contribution is 2.08. The van der Waals surface area contributed by atoms with Crippen molar-refractivity contribution in [1.82, 2.24) is 0 Å². The lowest BCUT2D eigenvalue weighted by atomic mass is 10.2. The minimum absolute atomic E-state index is 0.296. The molecule has 0 aliphatic rings. The summed E-state index contributed by atoms with van der Waals surface area (Å²) in [5, 5.41) is 13.3. The van der Waals surface area contributed by atoms with Crippen molar-refractivity contribution in [2.24, 2.45) is 0 Å². The van der Waals surface area contributed by atoms with Gasteiger partial charge < -0.3 is 5.11 Å². The zero-order valence-electron chi connectivity index (χ0n) is 6.53. The molecule has 1 N–H and O–H groups in total. The predicted octanol–water partition coefficient (Wildman–Crippen LogP) is 2.53. The van der Waals surface area contributed by atoms with Crippen LogP contribution in [0.5, 0.6) is 0 Å². The maximum absolute atomic E-state index is 9.17. The first kappa shape index (κ1) is 8.50. The van der Waals surface area contributed by atoms with Crippen LogP contribution in [0.15, 0.2) is 22.9 Å². The van der Waals surface area contributed by atoms with Crippen molar-refractivity contribution in [1.29, 1.82) is 0 Å². The van der Waals surface area contributed by atoms with Crippen LogP contribution in [0.4, 0.5) is 0 Å². The Morgan fingerprint density at radius 3 is 3.09 bits per heavy atom. The summed E-state index contributed by atoms with van der Waals surface area (Å²) < 4.78 is 0. The molecule has 60 valence electrons. The molecule has 1 aromatic heterocycles. The normalized spacial score (nSPS) is 14.0. The van der Waals surface area contributed by atoms with Crippen molar-refractivity contribution >= 4 is 17.4 Å². The van der Waals surface area contributed by atoms with Crippen LogP contribution in [-0.4, -0.2) is 11.2 Å². The van der Waals surface area contributed by atoms with Crippen LogP contribution in [0.25, 0.3) is 6.08 Å². The van der Waals surface area contributed by atoms with Crippen molar-refractivity contribution in [3.05, 3.63) is 28.5 Å². The van der Waals surface area contributed by atoms with E-state index in [1.165, 1.54) is 5.56 Å². The Labute approximate surface area is 71.0 Å². The molecule has 1 nitrogen and oxygen atoms in total. The summed E-state index contributed by atoms with van der Waals surface area (Å²) in [5.41, 5.74) is 1.17. The van der Waals surface area contributed by atoms with E-state index < -0.39 is 0 Å². The minimum atomic E-state index is -0.296. The smallest absolute Gasteiger partial charge is 0.0721 e. The molecule has 1 atom stereocenters. The van der Waals surface area contributed by atoms with Gasteiger partial charge in [0.15, 0.2) is 0 Å².